The molecule has 0 radical (unpaired) electrons. The van der Waals surface area contributed by atoms with Crippen LogP contribution in [0.4, 0.5) is 5.69 Å². The lowest BCUT2D eigenvalue weighted by atomic mass is 10.1. The van der Waals surface area contributed by atoms with Crippen molar-refractivity contribution in [1.82, 2.24) is 10.6 Å². The summed E-state index contributed by atoms with van der Waals surface area (Å²) >= 11 is 0. The van der Waals surface area contributed by atoms with Gasteiger partial charge in [-0.2, -0.15) is 0 Å². The highest BCUT2D eigenvalue weighted by atomic mass is 35.5. The van der Waals surface area contributed by atoms with Gasteiger partial charge in [-0.3, -0.25) is 9.59 Å². The van der Waals surface area contributed by atoms with Crippen LogP contribution in [0.15, 0.2) is 47.1 Å². The first kappa shape index (κ1) is 19.8. The molecule has 0 saturated carbocycles. The van der Waals surface area contributed by atoms with Gasteiger partial charge >= 0.3 is 0 Å². The molecule has 3 rings (SSSR count). The number of nitrogens with one attached hydrogen (secondary N) is 3. The Balaban J connectivity index is 0.00000243. The number of carbonyl (C=O) groups is 2. The smallest absolute Gasteiger partial charge is 0.291 e. The minimum Gasteiger partial charge on any atom is -0.484 e. The van der Waals surface area contributed by atoms with E-state index in [9.17, 15) is 9.59 Å². The first-order chi connectivity index (χ1) is 12.2. The molecule has 8 heteroatoms. The van der Waals surface area contributed by atoms with Gasteiger partial charge in [-0.05, 0) is 43.7 Å². The zero-order chi connectivity index (χ0) is 17.5. The Morgan fingerprint density at radius 2 is 2.15 bits per heavy atom. The highest BCUT2D eigenvalue weighted by Gasteiger charge is 2.15. The van der Waals surface area contributed by atoms with Crippen molar-refractivity contribution in [3.05, 3.63) is 48.4 Å². The van der Waals surface area contributed by atoms with Crippen molar-refractivity contribution in [3.63, 3.8) is 0 Å². The molecule has 3 N–H and O–H groups in total. The Labute approximate surface area is 157 Å². The van der Waals surface area contributed by atoms with Crippen LogP contribution < -0.4 is 20.7 Å². The summed E-state index contributed by atoms with van der Waals surface area (Å²) in [4.78, 5) is 23.9. The molecule has 1 fully saturated rings. The second-order valence-corrected chi connectivity index (χ2v) is 5.86. The van der Waals surface area contributed by atoms with Crippen molar-refractivity contribution in [2.24, 2.45) is 0 Å². The van der Waals surface area contributed by atoms with E-state index in [1.54, 1.807) is 36.4 Å². The van der Waals surface area contributed by atoms with Crippen LogP contribution in [0.25, 0.3) is 0 Å². The third-order valence-corrected chi connectivity index (χ3v) is 3.87. The Kier molecular flexibility index (Phi) is 7.50. The lowest BCUT2D eigenvalue weighted by molar-refractivity contribution is -0.123. The number of furan rings is 1. The molecule has 0 spiro atoms. The summed E-state index contributed by atoms with van der Waals surface area (Å²) in [6.45, 7) is 1.73. The minimum atomic E-state index is -0.343. The zero-order valence-corrected chi connectivity index (χ0v) is 15.0. The molecule has 2 heterocycles. The van der Waals surface area contributed by atoms with Gasteiger partial charge in [0.25, 0.3) is 11.8 Å². The normalized spacial score (nSPS) is 16.2. The van der Waals surface area contributed by atoms with E-state index >= 15 is 0 Å². The molecule has 1 aromatic heterocycles. The van der Waals surface area contributed by atoms with Gasteiger partial charge in [0.1, 0.15) is 5.75 Å². The molecule has 140 valence electrons. The third-order valence-electron chi connectivity index (χ3n) is 3.87. The lowest BCUT2D eigenvalue weighted by Crippen LogP contribution is -2.46. The van der Waals surface area contributed by atoms with Crippen LogP contribution in [0, 0.1) is 0 Å². The largest absolute Gasteiger partial charge is 0.484 e. The van der Waals surface area contributed by atoms with Crippen LogP contribution in [-0.4, -0.2) is 37.6 Å². The highest BCUT2D eigenvalue weighted by Crippen LogP contribution is 2.18. The molecule has 26 heavy (non-hydrogen) atoms. The molecule has 1 atom stereocenters. The summed E-state index contributed by atoms with van der Waals surface area (Å²) in [5.41, 5.74) is 0.566. The molecule has 1 aliphatic rings. The molecule has 1 saturated heterocycles. The standard InChI is InChI=1S/C18H21N3O4.ClH/c22-17(20-14-5-2-8-19-11-14)12-25-15-6-1-4-13(10-15)21-18(23)16-7-3-9-24-16;/h1,3-4,6-7,9-10,14,19H,2,5,8,11-12H2,(H,20,22)(H,21,23);1H/t14-;/m0./s1. The first-order valence-electron chi connectivity index (χ1n) is 8.28. The fourth-order valence-electron chi connectivity index (χ4n) is 2.66. The van der Waals surface area contributed by atoms with E-state index < -0.39 is 0 Å². The molecule has 2 amide bonds. The molecule has 1 aliphatic heterocycles. The SMILES string of the molecule is Cl.O=C(COc1cccc(NC(=O)c2ccco2)c1)N[C@H]1CCCNC1. The average molecular weight is 380 g/mol. The number of piperidine rings is 1. The summed E-state index contributed by atoms with van der Waals surface area (Å²) in [6, 6.07) is 10.3. The van der Waals surface area contributed by atoms with E-state index in [1.165, 1.54) is 6.26 Å². The van der Waals surface area contributed by atoms with Crippen LogP contribution in [0.1, 0.15) is 23.4 Å². The molecule has 0 bridgehead atoms. The Bertz CT molecular complexity index is 715. The molecular formula is C18H22ClN3O4. The number of hydrogen-bond acceptors (Lipinski definition) is 5. The highest BCUT2D eigenvalue weighted by molar-refractivity contribution is 6.02. The van der Waals surface area contributed by atoms with Gasteiger partial charge in [0.2, 0.25) is 0 Å². The molecule has 7 nitrogen and oxygen atoms in total. The van der Waals surface area contributed by atoms with Crippen molar-refractivity contribution in [2.45, 2.75) is 18.9 Å². The fraction of sp³-hybridized carbons (Fsp3) is 0.333. The second kappa shape index (κ2) is 9.84. The molecule has 2 aromatic rings. The minimum absolute atomic E-state index is 0. The van der Waals surface area contributed by atoms with Gasteiger partial charge in [-0.25, -0.2) is 0 Å². The number of hydrogen-bond donors (Lipinski definition) is 3. The molecule has 0 unspecified atom stereocenters. The van der Waals surface area contributed by atoms with Gasteiger partial charge in [-0.1, -0.05) is 6.07 Å². The summed E-state index contributed by atoms with van der Waals surface area (Å²) in [7, 11) is 0. The topological polar surface area (TPSA) is 92.6 Å². The lowest BCUT2D eigenvalue weighted by Gasteiger charge is -2.23. The number of ether oxygens (including phenoxy) is 1. The predicted octanol–water partition coefficient (Wildman–Crippen LogP) is 2.20. The number of halogens is 1. The van der Waals surface area contributed by atoms with Gasteiger partial charge in [0.05, 0.1) is 6.26 Å². The van der Waals surface area contributed by atoms with E-state index in [2.05, 4.69) is 16.0 Å². The van der Waals surface area contributed by atoms with Crippen LogP contribution in [0.3, 0.4) is 0 Å². The fourth-order valence-corrected chi connectivity index (χ4v) is 2.66. The van der Waals surface area contributed by atoms with Crippen molar-refractivity contribution in [1.29, 1.82) is 0 Å². The molecule has 0 aliphatic carbocycles. The van der Waals surface area contributed by atoms with Crippen LogP contribution in [-0.2, 0) is 4.79 Å². The molecular weight excluding hydrogens is 358 g/mol. The van der Waals surface area contributed by atoms with E-state index in [-0.39, 0.29) is 42.6 Å². The summed E-state index contributed by atoms with van der Waals surface area (Å²) < 4.78 is 10.6. The average Bonchev–Trinajstić information content (AvgIpc) is 3.16. The second-order valence-electron chi connectivity index (χ2n) is 5.86. The number of carbonyl (C=O) groups excluding carboxylic acids is 2. The van der Waals surface area contributed by atoms with E-state index in [0.29, 0.717) is 11.4 Å². The van der Waals surface area contributed by atoms with Gasteiger partial charge in [-0.15, -0.1) is 12.4 Å². The van der Waals surface area contributed by atoms with Crippen molar-refractivity contribution < 1.29 is 18.7 Å². The zero-order valence-electron chi connectivity index (χ0n) is 14.2. The number of benzene rings is 1. The third kappa shape index (κ3) is 5.79. The Morgan fingerprint density at radius 3 is 2.88 bits per heavy atom. The number of amides is 2. The van der Waals surface area contributed by atoms with Crippen LogP contribution in [0.2, 0.25) is 0 Å². The number of anilines is 1. The quantitative estimate of drug-likeness (QED) is 0.715. The van der Waals surface area contributed by atoms with Gasteiger partial charge in [0, 0.05) is 24.3 Å². The van der Waals surface area contributed by atoms with Gasteiger partial charge in [0.15, 0.2) is 12.4 Å². The van der Waals surface area contributed by atoms with E-state index in [1.807, 2.05) is 0 Å². The maximum absolute atomic E-state index is 12.0. The van der Waals surface area contributed by atoms with Gasteiger partial charge < -0.3 is 25.1 Å². The monoisotopic (exact) mass is 379 g/mol. The Hall–Kier alpha value is -2.51. The van der Waals surface area contributed by atoms with Crippen molar-refractivity contribution in [2.75, 3.05) is 25.0 Å². The summed E-state index contributed by atoms with van der Waals surface area (Å²) in [6.07, 6.45) is 3.48. The van der Waals surface area contributed by atoms with Crippen LogP contribution in [0.5, 0.6) is 5.75 Å². The maximum Gasteiger partial charge on any atom is 0.291 e. The Morgan fingerprint density at radius 1 is 1.27 bits per heavy atom. The van der Waals surface area contributed by atoms with E-state index in [0.717, 1.165) is 25.9 Å². The van der Waals surface area contributed by atoms with Crippen molar-refractivity contribution in [3.8, 4) is 5.75 Å². The van der Waals surface area contributed by atoms with Crippen molar-refractivity contribution >= 4 is 29.9 Å². The maximum atomic E-state index is 12.0. The predicted molar refractivity (Wildman–Crippen MR) is 99.9 cm³/mol. The first-order valence-corrected chi connectivity index (χ1v) is 8.28. The molecule has 1 aromatic carbocycles. The summed E-state index contributed by atoms with van der Waals surface area (Å²) in [5.74, 6) is 0.240. The van der Waals surface area contributed by atoms with Crippen LogP contribution >= 0.6 is 12.4 Å². The van der Waals surface area contributed by atoms with E-state index in [4.69, 9.17) is 9.15 Å². The summed E-state index contributed by atoms with van der Waals surface area (Å²) in [5, 5.41) is 8.91. The number of rotatable bonds is 6.